The molecule has 0 heterocycles. The summed E-state index contributed by atoms with van der Waals surface area (Å²) in [5, 5.41) is 0.720. The van der Waals surface area contributed by atoms with E-state index in [4.69, 9.17) is 11.6 Å². The SMILES string of the molecule is C=C(Cl)C[N+](C)(C)C.[Cl-]. The van der Waals surface area contributed by atoms with E-state index in [1.165, 1.54) is 0 Å². The fourth-order valence-corrected chi connectivity index (χ4v) is 0.873. The average Bonchev–Trinajstić information content (AvgIpc) is 1.21. The predicted molar refractivity (Wildman–Crippen MR) is 37.9 cm³/mol. The molecule has 0 aromatic rings. The van der Waals surface area contributed by atoms with Crippen LogP contribution in [0.1, 0.15) is 0 Å². The Bertz CT molecular complexity index is 93.7. The van der Waals surface area contributed by atoms with Gasteiger partial charge in [-0.3, -0.25) is 0 Å². The van der Waals surface area contributed by atoms with Crippen LogP contribution in [-0.4, -0.2) is 32.2 Å². The molecule has 0 aromatic heterocycles. The molecule has 0 saturated heterocycles. The van der Waals surface area contributed by atoms with Gasteiger partial charge in [-0.15, -0.1) is 0 Å². The van der Waals surface area contributed by atoms with Gasteiger partial charge in [0.05, 0.1) is 26.2 Å². The lowest BCUT2D eigenvalue weighted by Gasteiger charge is -2.22. The summed E-state index contributed by atoms with van der Waals surface area (Å²) in [5.41, 5.74) is 0. The van der Waals surface area contributed by atoms with Gasteiger partial charge in [-0.1, -0.05) is 18.2 Å². The molecule has 0 bridgehead atoms. The van der Waals surface area contributed by atoms with E-state index in [-0.39, 0.29) is 12.4 Å². The smallest absolute Gasteiger partial charge is 0.114 e. The van der Waals surface area contributed by atoms with Crippen molar-refractivity contribution in [1.29, 1.82) is 0 Å². The summed E-state index contributed by atoms with van der Waals surface area (Å²) in [6.07, 6.45) is 0. The first-order valence-corrected chi connectivity index (χ1v) is 2.93. The molecule has 0 aromatic carbocycles. The van der Waals surface area contributed by atoms with Gasteiger partial charge in [-0.25, -0.2) is 0 Å². The fourth-order valence-electron chi connectivity index (χ4n) is 0.515. The Balaban J connectivity index is 0. The van der Waals surface area contributed by atoms with Crippen LogP contribution in [0.15, 0.2) is 11.6 Å². The van der Waals surface area contributed by atoms with Crippen LogP contribution < -0.4 is 12.4 Å². The van der Waals surface area contributed by atoms with Crippen molar-refractivity contribution in [3.8, 4) is 0 Å². The second-order valence-electron chi connectivity index (χ2n) is 2.97. The molecular formula is C6H13Cl2N. The Kier molecular flexibility index (Phi) is 5.54. The van der Waals surface area contributed by atoms with E-state index in [1.54, 1.807) is 0 Å². The molecule has 0 radical (unpaired) electrons. The van der Waals surface area contributed by atoms with Crippen LogP contribution in [0.25, 0.3) is 0 Å². The van der Waals surface area contributed by atoms with Crippen molar-refractivity contribution in [2.75, 3.05) is 27.7 Å². The van der Waals surface area contributed by atoms with Crippen molar-refractivity contribution < 1.29 is 16.9 Å². The highest BCUT2D eigenvalue weighted by Crippen LogP contribution is 2.01. The minimum atomic E-state index is 0. The van der Waals surface area contributed by atoms with Gasteiger partial charge in [0.1, 0.15) is 6.54 Å². The van der Waals surface area contributed by atoms with Crippen molar-refractivity contribution in [3.63, 3.8) is 0 Å². The molecule has 0 N–H and O–H groups in total. The van der Waals surface area contributed by atoms with Gasteiger partial charge < -0.3 is 16.9 Å². The van der Waals surface area contributed by atoms with Crippen LogP contribution in [0.5, 0.6) is 0 Å². The molecule has 0 unspecified atom stereocenters. The topological polar surface area (TPSA) is 0 Å². The van der Waals surface area contributed by atoms with Gasteiger partial charge in [0, 0.05) is 0 Å². The average molecular weight is 170 g/mol. The van der Waals surface area contributed by atoms with E-state index in [2.05, 4.69) is 27.7 Å². The Labute approximate surface area is 68.3 Å². The molecule has 56 valence electrons. The van der Waals surface area contributed by atoms with E-state index >= 15 is 0 Å². The fraction of sp³-hybridized carbons (Fsp3) is 0.667. The van der Waals surface area contributed by atoms with E-state index in [0.717, 1.165) is 16.1 Å². The maximum Gasteiger partial charge on any atom is 0.114 e. The van der Waals surface area contributed by atoms with Gasteiger partial charge >= 0.3 is 0 Å². The summed E-state index contributed by atoms with van der Waals surface area (Å²) in [6, 6.07) is 0. The molecule has 0 aliphatic carbocycles. The zero-order valence-electron chi connectivity index (χ0n) is 6.12. The Hall–Kier alpha value is 0.280. The number of halogens is 2. The van der Waals surface area contributed by atoms with Crippen LogP contribution in [0.2, 0.25) is 0 Å². The zero-order valence-corrected chi connectivity index (χ0v) is 7.63. The van der Waals surface area contributed by atoms with Crippen LogP contribution in [0.3, 0.4) is 0 Å². The van der Waals surface area contributed by atoms with E-state index in [1.807, 2.05) is 0 Å². The summed E-state index contributed by atoms with van der Waals surface area (Å²) in [4.78, 5) is 0. The molecule has 0 rings (SSSR count). The van der Waals surface area contributed by atoms with Crippen LogP contribution in [0, 0.1) is 0 Å². The number of hydrogen-bond donors (Lipinski definition) is 0. The third-order valence-electron chi connectivity index (χ3n) is 0.646. The molecule has 0 saturated carbocycles. The lowest BCUT2D eigenvalue weighted by Crippen LogP contribution is -3.00. The second-order valence-corrected chi connectivity index (χ2v) is 3.50. The summed E-state index contributed by atoms with van der Waals surface area (Å²) in [7, 11) is 6.23. The molecule has 0 fully saturated rings. The Morgan fingerprint density at radius 2 is 1.78 bits per heavy atom. The first-order valence-electron chi connectivity index (χ1n) is 2.55. The number of hydrogen-bond acceptors (Lipinski definition) is 0. The van der Waals surface area contributed by atoms with Gasteiger partial charge in [0.2, 0.25) is 0 Å². The van der Waals surface area contributed by atoms with Crippen molar-refractivity contribution in [1.82, 2.24) is 0 Å². The lowest BCUT2D eigenvalue weighted by molar-refractivity contribution is -0.864. The summed E-state index contributed by atoms with van der Waals surface area (Å²) < 4.78 is 0.850. The highest BCUT2D eigenvalue weighted by atomic mass is 35.5. The second kappa shape index (κ2) is 4.15. The van der Waals surface area contributed by atoms with E-state index in [0.29, 0.717) is 0 Å². The van der Waals surface area contributed by atoms with Crippen molar-refractivity contribution in [3.05, 3.63) is 11.6 Å². The van der Waals surface area contributed by atoms with E-state index in [9.17, 15) is 0 Å². The molecule has 1 nitrogen and oxygen atoms in total. The van der Waals surface area contributed by atoms with Gasteiger partial charge in [-0.05, 0) is 0 Å². The standard InChI is InChI=1S/C6H13ClN.ClH/c1-6(7)5-8(2,3)4;/h1,5H2,2-4H3;1H/q+1;/p-1. The van der Waals surface area contributed by atoms with Gasteiger partial charge in [0.15, 0.2) is 0 Å². The first-order chi connectivity index (χ1) is 3.42. The maximum absolute atomic E-state index is 5.55. The molecule has 0 amide bonds. The Morgan fingerprint density at radius 1 is 1.44 bits per heavy atom. The van der Waals surface area contributed by atoms with Gasteiger partial charge in [0.25, 0.3) is 0 Å². The van der Waals surface area contributed by atoms with Crippen LogP contribution >= 0.6 is 11.6 Å². The zero-order chi connectivity index (χ0) is 6.78. The first kappa shape index (κ1) is 12.0. The molecule has 9 heavy (non-hydrogen) atoms. The van der Waals surface area contributed by atoms with Gasteiger partial charge in [-0.2, -0.15) is 0 Å². The highest BCUT2D eigenvalue weighted by molar-refractivity contribution is 6.29. The number of quaternary nitrogens is 1. The largest absolute Gasteiger partial charge is 1.00 e. The quantitative estimate of drug-likeness (QED) is 0.440. The molecule has 3 heteroatoms. The van der Waals surface area contributed by atoms with E-state index < -0.39 is 0 Å². The summed E-state index contributed by atoms with van der Waals surface area (Å²) in [5.74, 6) is 0. The molecule has 0 spiro atoms. The molecule has 0 aliphatic heterocycles. The lowest BCUT2D eigenvalue weighted by atomic mass is 10.5. The minimum absolute atomic E-state index is 0. The van der Waals surface area contributed by atoms with Crippen molar-refractivity contribution in [2.45, 2.75) is 0 Å². The van der Waals surface area contributed by atoms with Crippen molar-refractivity contribution in [2.24, 2.45) is 0 Å². The minimum Gasteiger partial charge on any atom is -1.00 e. The molecular weight excluding hydrogens is 157 g/mol. The van der Waals surface area contributed by atoms with Crippen LogP contribution in [-0.2, 0) is 0 Å². The monoisotopic (exact) mass is 169 g/mol. The number of rotatable bonds is 2. The number of nitrogens with zero attached hydrogens (tertiary/aromatic N) is 1. The molecule has 0 atom stereocenters. The normalized spacial score (nSPS) is 10.2. The third-order valence-corrected chi connectivity index (χ3v) is 0.765. The third kappa shape index (κ3) is 11.7. The predicted octanol–water partition coefficient (Wildman–Crippen LogP) is -1.55. The maximum atomic E-state index is 5.55. The van der Waals surface area contributed by atoms with Crippen molar-refractivity contribution >= 4 is 11.6 Å². The summed E-state index contributed by atoms with van der Waals surface area (Å²) >= 11 is 5.55. The van der Waals surface area contributed by atoms with Crippen LogP contribution in [0.4, 0.5) is 0 Å². The Morgan fingerprint density at radius 3 is 1.78 bits per heavy atom. The molecule has 0 aliphatic rings. The number of likely N-dealkylation sites (N-methyl/N-ethyl adjacent to an activating group) is 1. The highest BCUT2D eigenvalue weighted by Gasteiger charge is 2.05. The summed E-state index contributed by atoms with van der Waals surface area (Å²) in [6.45, 7) is 4.43.